The van der Waals surface area contributed by atoms with Crippen LogP contribution < -0.4 is 10.6 Å². The molecule has 0 aromatic heterocycles. The Labute approximate surface area is 139 Å². The van der Waals surface area contributed by atoms with Crippen LogP contribution in [0.4, 0.5) is 0 Å². The van der Waals surface area contributed by atoms with Crippen molar-refractivity contribution < 1.29 is 8.42 Å². The highest BCUT2D eigenvalue weighted by molar-refractivity contribution is 14.0. The normalized spacial score (nSPS) is 16.1. The van der Waals surface area contributed by atoms with Gasteiger partial charge in [-0.15, -0.1) is 24.0 Å². The summed E-state index contributed by atoms with van der Waals surface area (Å²) in [5.41, 5.74) is 1.52. The molecule has 20 heavy (non-hydrogen) atoms. The van der Waals surface area contributed by atoms with E-state index in [1.54, 1.807) is 7.05 Å². The molecule has 1 rings (SSSR count). The van der Waals surface area contributed by atoms with E-state index in [1.807, 2.05) is 0 Å². The van der Waals surface area contributed by atoms with Gasteiger partial charge < -0.3 is 10.6 Å². The van der Waals surface area contributed by atoms with Gasteiger partial charge in [0.2, 0.25) is 0 Å². The summed E-state index contributed by atoms with van der Waals surface area (Å²) in [7, 11) is -1.23. The highest BCUT2D eigenvalue weighted by atomic mass is 127. The molecule has 0 saturated heterocycles. The van der Waals surface area contributed by atoms with E-state index in [9.17, 15) is 8.42 Å². The van der Waals surface area contributed by atoms with Crippen LogP contribution in [0.2, 0.25) is 0 Å². The Morgan fingerprint density at radius 3 is 2.55 bits per heavy atom. The second-order valence-electron chi connectivity index (χ2n) is 4.91. The summed E-state index contributed by atoms with van der Waals surface area (Å²) in [6.07, 6.45) is 9.63. The van der Waals surface area contributed by atoms with Gasteiger partial charge in [0, 0.05) is 26.4 Å². The lowest BCUT2D eigenvalue weighted by Crippen LogP contribution is -2.40. The van der Waals surface area contributed by atoms with E-state index in [0.717, 1.165) is 13.0 Å². The zero-order valence-corrected chi connectivity index (χ0v) is 15.5. The molecular weight excluding hydrogens is 389 g/mol. The molecule has 0 aliphatic heterocycles. The Morgan fingerprint density at radius 2 is 2.00 bits per heavy atom. The fraction of sp³-hybridized carbons (Fsp3) is 0.769. The topological polar surface area (TPSA) is 70.6 Å². The molecule has 0 heterocycles. The summed E-state index contributed by atoms with van der Waals surface area (Å²) in [6, 6.07) is 0. The average Bonchev–Trinajstić information content (AvgIpc) is 2.37. The lowest BCUT2D eigenvalue weighted by Gasteiger charge is -2.15. The molecule has 1 aliphatic carbocycles. The summed E-state index contributed by atoms with van der Waals surface area (Å²) in [6.45, 7) is 1.23. The van der Waals surface area contributed by atoms with Crippen LogP contribution >= 0.6 is 24.0 Å². The molecule has 0 spiro atoms. The maximum atomic E-state index is 11.0. The maximum absolute atomic E-state index is 11.0. The minimum absolute atomic E-state index is 0. The third kappa shape index (κ3) is 9.57. The first kappa shape index (κ1) is 19.7. The van der Waals surface area contributed by atoms with Crippen molar-refractivity contribution in [3.05, 3.63) is 11.6 Å². The Hall–Kier alpha value is -0.310. The molecule has 0 aromatic carbocycles. The SMILES string of the molecule is CN=C(NCCC1=CCCCC1)NCCS(C)(=O)=O.I. The van der Waals surface area contributed by atoms with Crippen molar-refractivity contribution in [2.24, 2.45) is 4.99 Å². The number of nitrogens with one attached hydrogen (secondary N) is 2. The van der Waals surface area contributed by atoms with Gasteiger partial charge in [-0.1, -0.05) is 11.6 Å². The number of rotatable bonds is 6. The van der Waals surface area contributed by atoms with Crippen molar-refractivity contribution >= 4 is 39.8 Å². The number of allylic oxidation sites excluding steroid dienone is 1. The fourth-order valence-corrected chi connectivity index (χ4v) is 2.52. The van der Waals surface area contributed by atoms with Crippen molar-refractivity contribution in [3.63, 3.8) is 0 Å². The van der Waals surface area contributed by atoms with Crippen LogP contribution in [0.15, 0.2) is 16.6 Å². The first-order valence-corrected chi connectivity index (χ1v) is 8.87. The van der Waals surface area contributed by atoms with E-state index in [0.29, 0.717) is 12.5 Å². The van der Waals surface area contributed by atoms with Crippen LogP contribution in [0.5, 0.6) is 0 Å². The molecule has 2 N–H and O–H groups in total. The van der Waals surface area contributed by atoms with Gasteiger partial charge in [-0.2, -0.15) is 0 Å². The van der Waals surface area contributed by atoms with Crippen LogP contribution in [0.25, 0.3) is 0 Å². The Kier molecular flexibility index (Phi) is 10.3. The van der Waals surface area contributed by atoms with Crippen molar-refractivity contribution in [1.82, 2.24) is 10.6 Å². The van der Waals surface area contributed by atoms with E-state index in [2.05, 4.69) is 21.7 Å². The molecule has 0 aromatic rings. The molecule has 1 aliphatic rings. The minimum Gasteiger partial charge on any atom is -0.356 e. The van der Waals surface area contributed by atoms with E-state index in [4.69, 9.17) is 0 Å². The Morgan fingerprint density at radius 1 is 1.30 bits per heavy atom. The highest BCUT2D eigenvalue weighted by Gasteiger charge is 2.05. The van der Waals surface area contributed by atoms with Crippen molar-refractivity contribution in [1.29, 1.82) is 0 Å². The molecule has 0 bridgehead atoms. The van der Waals surface area contributed by atoms with Gasteiger partial charge in [0.05, 0.1) is 5.75 Å². The summed E-state index contributed by atoms with van der Waals surface area (Å²) in [5.74, 6) is 0.791. The molecule has 0 unspecified atom stereocenters. The van der Waals surface area contributed by atoms with Crippen LogP contribution in [-0.2, 0) is 9.84 Å². The van der Waals surface area contributed by atoms with Gasteiger partial charge in [-0.3, -0.25) is 4.99 Å². The zero-order valence-electron chi connectivity index (χ0n) is 12.3. The molecule has 0 fully saturated rings. The van der Waals surface area contributed by atoms with Crippen molar-refractivity contribution in [2.45, 2.75) is 32.1 Å². The predicted molar refractivity (Wildman–Crippen MR) is 95.7 cm³/mol. The van der Waals surface area contributed by atoms with Gasteiger partial charge in [0.1, 0.15) is 9.84 Å². The van der Waals surface area contributed by atoms with E-state index in [1.165, 1.54) is 37.5 Å². The van der Waals surface area contributed by atoms with Crippen LogP contribution in [-0.4, -0.2) is 46.5 Å². The molecule has 118 valence electrons. The molecule has 7 heteroatoms. The number of halogens is 1. The van der Waals surface area contributed by atoms with E-state index < -0.39 is 9.84 Å². The Balaban J connectivity index is 0.00000361. The zero-order chi connectivity index (χ0) is 14.1. The van der Waals surface area contributed by atoms with Gasteiger partial charge >= 0.3 is 0 Å². The highest BCUT2D eigenvalue weighted by Crippen LogP contribution is 2.19. The molecule has 5 nitrogen and oxygen atoms in total. The van der Waals surface area contributed by atoms with Crippen molar-refractivity contribution in [2.75, 3.05) is 32.1 Å². The van der Waals surface area contributed by atoms with Gasteiger partial charge in [-0.05, 0) is 32.1 Å². The second kappa shape index (κ2) is 10.4. The lowest BCUT2D eigenvalue weighted by atomic mass is 9.97. The number of sulfone groups is 1. The molecule has 0 saturated carbocycles. The monoisotopic (exact) mass is 415 g/mol. The molecule has 0 radical (unpaired) electrons. The fourth-order valence-electron chi connectivity index (χ4n) is 2.05. The van der Waals surface area contributed by atoms with Crippen LogP contribution in [0, 0.1) is 0 Å². The van der Waals surface area contributed by atoms with E-state index >= 15 is 0 Å². The van der Waals surface area contributed by atoms with Gasteiger partial charge in [0.15, 0.2) is 5.96 Å². The van der Waals surface area contributed by atoms with E-state index in [-0.39, 0.29) is 29.7 Å². The number of guanidine groups is 1. The molecular formula is C13H26IN3O2S. The number of aliphatic imine (C=N–C) groups is 1. The van der Waals surface area contributed by atoms with Gasteiger partial charge in [0.25, 0.3) is 0 Å². The number of hydrogen-bond acceptors (Lipinski definition) is 3. The number of hydrogen-bond donors (Lipinski definition) is 2. The first-order chi connectivity index (χ1) is 9.01. The van der Waals surface area contributed by atoms with Crippen LogP contribution in [0.1, 0.15) is 32.1 Å². The summed E-state index contributed by atoms with van der Waals surface area (Å²) in [4.78, 5) is 4.07. The molecule has 0 amide bonds. The first-order valence-electron chi connectivity index (χ1n) is 6.81. The summed E-state index contributed by atoms with van der Waals surface area (Å²) in [5, 5.41) is 6.21. The third-order valence-electron chi connectivity index (χ3n) is 3.11. The second-order valence-corrected chi connectivity index (χ2v) is 7.17. The largest absolute Gasteiger partial charge is 0.356 e. The minimum atomic E-state index is -2.92. The lowest BCUT2D eigenvalue weighted by molar-refractivity contribution is 0.600. The quantitative estimate of drug-likeness (QED) is 0.300. The molecule has 0 atom stereocenters. The number of nitrogens with zero attached hydrogens (tertiary/aromatic N) is 1. The van der Waals surface area contributed by atoms with Crippen LogP contribution in [0.3, 0.4) is 0 Å². The van der Waals surface area contributed by atoms with Gasteiger partial charge in [-0.25, -0.2) is 8.42 Å². The Bertz CT molecular complexity index is 433. The predicted octanol–water partition coefficient (Wildman–Crippen LogP) is 1.70. The standard InChI is InChI=1S/C13H25N3O2S.HI/c1-14-13(16-10-11-19(2,17)18)15-9-8-12-6-4-3-5-7-12;/h6H,3-5,7-11H2,1-2H3,(H2,14,15,16);1H. The third-order valence-corrected chi connectivity index (χ3v) is 4.06. The smallest absolute Gasteiger partial charge is 0.191 e. The summed E-state index contributed by atoms with van der Waals surface area (Å²) >= 11 is 0. The summed E-state index contributed by atoms with van der Waals surface area (Å²) < 4.78 is 22.0. The average molecular weight is 415 g/mol. The maximum Gasteiger partial charge on any atom is 0.191 e. The van der Waals surface area contributed by atoms with Crippen molar-refractivity contribution in [3.8, 4) is 0 Å².